The molecular weight excluding hydrogens is 404 g/mol. The zero-order chi connectivity index (χ0) is 23.2. The van der Waals surface area contributed by atoms with E-state index in [4.69, 9.17) is 5.73 Å². The summed E-state index contributed by atoms with van der Waals surface area (Å²) in [5.41, 5.74) is 4.29. The smallest absolute Gasteiger partial charge is 0.426 e. The number of carbonyl (C=O) groups is 4. The van der Waals surface area contributed by atoms with E-state index in [2.05, 4.69) is 15.3 Å². The molecule has 0 saturated heterocycles. The van der Waals surface area contributed by atoms with Crippen LogP contribution < -0.4 is 11.1 Å². The molecule has 1 fully saturated rings. The quantitative estimate of drug-likeness (QED) is 0.518. The molecule has 0 radical (unpaired) electrons. The number of rotatable bonds is 8. The maximum atomic E-state index is 13.6. The van der Waals surface area contributed by atoms with Crippen molar-refractivity contribution in [2.45, 2.75) is 64.5 Å². The van der Waals surface area contributed by atoms with E-state index in [0.717, 1.165) is 29.3 Å². The van der Waals surface area contributed by atoms with Crippen LogP contribution in [0.5, 0.6) is 0 Å². The number of nitrogens with two attached hydrogens (primary N) is 1. The fraction of sp³-hybridized carbons (Fsp3) is 0.600. The van der Waals surface area contributed by atoms with Gasteiger partial charge in [-0.05, 0) is 33.1 Å². The second-order valence-corrected chi connectivity index (χ2v) is 8.59. The molecule has 11 heteroatoms. The van der Waals surface area contributed by atoms with Gasteiger partial charge in [-0.25, -0.2) is 19.8 Å². The summed E-state index contributed by atoms with van der Waals surface area (Å²) in [6.07, 6.45) is 5.74. The Morgan fingerprint density at radius 1 is 1.26 bits per heavy atom. The van der Waals surface area contributed by atoms with E-state index in [1.807, 2.05) is 0 Å². The van der Waals surface area contributed by atoms with Crippen molar-refractivity contribution in [3.8, 4) is 0 Å². The number of carbonyl (C=O) groups excluding carboxylic acids is 3. The number of nitrogens with zero attached hydrogens (tertiary/aromatic N) is 4. The highest BCUT2D eigenvalue weighted by molar-refractivity contribution is 5.96. The van der Waals surface area contributed by atoms with Crippen molar-refractivity contribution in [1.82, 2.24) is 25.3 Å². The summed E-state index contributed by atoms with van der Waals surface area (Å²) in [4.78, 5) is 57.2. The van der Waals surface area contributed by atoms with Gasteiger partial charge in [0.1, 0.15) is 11.7 Å². The largest absolute Gasteiger partial charge is 0.464 e. The minimum atomic E-state index is -1.40. The van der Waals surface area contributed by atoms with Gasteiger partial charge >= 0.3 is 6.09 Å². The predicted molar refractivity (Wildman–Crippen MR) is 110 cm³/mol. The number of amides is 4. The number of carboxylic acid groups (broad SMARTS) is 1. The lowest BCUT2D eigenvalue weighted by molar-refractivity contribution is -0.161. The molecule has 0 aromatic carbocycles. The molecule has 2 rings (SSSR count). The molecule has 0 aliphatic heterocycles. The van der Waals surface area contributed by atoms with E-state index in [9.17, 15) is 24.3 Å². The molecule has 1 aromatic heterocycles. The molecule has 1 aliphatic carbocycles. The summed E-state index contributed by atoms with van der Waals surface area (Å²) in [6, 6.07) is -0.963. The van der Waals surface area contributed by atoms with Crippen LogP contribution >= 0.6 is 0 Å². The molecule has 1 saturated carbocycles. The Morgan fingerprint density at radius 2 is 1.94 bits per heavy atom. The van der Waals surface area contributed by atoms with Gasteiger partial charge in [0.2, 0.25) is 5.91 Å². The van der Waals surface area contributed by atoms with Crippen molar-refractivity contribution in [2.75, 3.05) is 6.54 Å². The summed E-state index contributed by atoms with van der Waals surface area (Å²) in [5, 5.41) is 14.3. The Morgan fingerprint density at radius 3 is 2.39 bits per heavy atom. The Hall–Kier alpha value is -3.24. The zero-order valence-corrected chi connectivity index (χ0v) is 18.1. The summed E-state index contributed by atoms with van der Waals surface area (Å²) >= 11 is 0. The van der Waals surface area contributed by atoms with Crippen LogP contribution in [0.25, 0.3) is 0 Å². The maximum Gasteiger partial charge on any atom is 0.426 e. The average molecular weight is 434 g/mol. The van der Waals surface area contributed by atoms with E-state index >= 15 is 0 Å². The molecule has 0 bridgehead atoms. The molecule has 4 N–H and O–H groups in total. The highest BCUT2D eigenvalue weighted by atomic mass is 16.4. The first-order chi connectivity index (χ1) is 14.5. The molecular formula is C20H30N6O5. The van der Waals surface area contributed by atoms with Crippen molar-refractivity contribution in [3.63, 3.8) is 0 Å². The number of nitrogens with one attached hydrogen (secondary N) is 1. The molecule has 1 aliphatic rings. The monoisotopic (exact) mass is 434 g/mol. The van der Waals surface area contributed by atoms with Gasteiger partial charge in [0.25, 0.3) is 11.8 Å². The van der Waals surface area contributed by atoms with Crippen LogP contribution in [-0.2, 0) is 9.59 Å². The standard InChI is InChI=1S/C20H30N6O5/c1-20(2,3)26(25(19(30)31)10-7-16(21)27)18(29)14(11-13-5-4-6-13)24-17(28)15-12-22-8-9-23-15/h8-9,12-14H,4-7,10-11H2,1-3H3,(H2,21,27)(H,24,28)(H,30,31)/t14-/m0/s1. The van der Waals surface area contributed by atoms with Gasteiger partial charge < -0.3 is 16.2 Å². The Kier molecular flexibility index (Phi) is 7.89. The van der Waals surface area contributed by atoms with Crippen molar-refractivity contribution >= 4 is 23.8 Å². The topological polar surface area (TPSA) is 159 Å². The van der Waals surface area contributed by atoms with Crippen LogP contribution in [0.1, 0.15) is 63.4 Å². The summed E-state index contributed by atoms with van der Waals surface area (Å²) < 4.78 is 0. The number of aromatic nitrogens is 2. The van der Waals surface area contributed by atoms with Gasteiger partial charge in [-0.15, -0.1) is 0 Å². The van der Waals surface area contributed by atoms with Gasteiger partial charge in [0, 0.05) is 18.8 Å². The fourth-order valence-corrected chi connectivity index (χ4v) is 3.39. The second kappa shape index (κ2) is 10.2. The van der Waals surface area contributed by atoms with Gasteiger partial charge in [-0.3, -0.25) is 19.4 Å². The van der Waals surface area contributed by atoms with Crippen LogP contribution in [0.15, 0.2) is 18.6 Å². The first kappa shape index (κ1) is 24.0. The average Bonchev–Trinajstić information content (AvgIpc) is 2.65. The third-order valence-electron chi connectivity index (χ3n) is 5.07. The van der Waals surface area contributed by atoms with E-state index < -0.39 is 35.4 Å². The molecule has 1 heterocycles. The van der Waals surface area contributed by atoms with E-state index in [0.29, 0.717) is 6.42 Å². The highest BCUT2D eigenvalue weighted by Crippen LogP contribution is 2.31. The van der Waals surface area contributed by atoms with Crippen LogP contribution in [0.3, 0.4) is 0 Å². The molecule has 11 nitrogen and oxygen atoms in total. The first-order valence-corrected chi connectivity index (χ1v) is 10.2. The lowest BCUT2D eigenvalue weighted by Crippen LogP contribution is -2.63. The summed E-state index contributed by atoms with van der Waals surface area (Å²) in [7, 11) is 0. The van der Waals surface area contributed by atoms with Crippen LogP contribution in [0.2, 0.25) is 0 Å². The SMILES string of the molecule is CC(C)(C)N(C(=O)[C@H](CC1CCC1)NC(=O)c1cnccn1)N(CCC(N)=O)C(=O)O. The molecule has 4 amide bonds. The van der Waals surface area contributed by atoms with Crippen molar-refractivity contribution in [1.29, 1.82) is 0 Å². The second-order valence-electron chi connectivity index (χ2n) is 8.59. The minimum Gasteiger partial charge on any atom is -0.464 e. The van der Waals surface area contributed by atoms with Crippen molar-refractivity contribution in [2.24, 2.45) is 11.7 Å². The number of hydrogen-bond donors (Lipinski definition) is 3. The van der Waals surface area contributed by atoms with Gasteiger partial charge in [0.05, 0.1) is 18.3 Å². The Labute approximate surface area is 181 Å². The zero-order valence-electron chi connectivity index (χ0n) is 18.1. The lowest BCUT2D eigenvalue weighted by atomic mass is 9.80. The Balaban J connectivity index is 2.32. The molecule has 1 atom stereocenters. The molecule has 0 unspecified atom stereocenters. The van der Waals surface area contributed by atoms with E-state index in [1.54, 1.807) is 20.8 Å². The third kappa shape index (κ3) is 6.63. The fourth-order valence-electron chi connectivity index (χ4n) is 3.39. The van der Waals surface area contributed by atoms with Gasteiger partial charge in [0.15, 0.2) is 0 Å². The maximum absolute atomic E-state index is 13.6. The van der Waals surface area contributed by atoms with E-state index in [-0.39, 0.29) is 24.6 Å². The van der Waals surface area contributed by atoms with Crippen molar-refractivity contribution < 1.29 is 24.3 Å². The molecule has 170 valence electrons. The van der Waals surface area contributed by atoms with Crippen molar-refractivity contribution in [3.05, 3.63) is 24.3 Å². The Bertz CT molecular complexity index is 806. The number of hydrogen-bond acceptors (Lipinski definition) is 6. The minimum absolute atomic E-state index is 0.0556. The van der Waals surface area contributed by atoms with Gasteiger partial charge in [-0.1, -0.05) is 19.3 Å². The lowest BCUT2D eigenvalue weighted by Gasteiger charge is -2.44. The number of hydrazine groups is 1. The van der Waals surface area contributed by atoms with Crippen LogP contribution in [0, 0.1) is 5.92 Å². The normalized spacial score (nSPS) is 14.8. The van der Waals surface area contributed by atoms with E-state index in [1.165, 1.54) is 18.6 Å². The summed E-state index contributed by atoms with van der Waals surface area (Å²) in [6.45, 7) is 4.75. The predicted octanol–water partition coefficient (Wildman–Crippen LogP) is 1.16. The van der Waals surface area contributed by atoms with Crippen LogP contribution in [-0.4, -0.2) is 67.0 Å². The molecule has 1 aromatic rings. The van der Waals surface area contributed by atoms with Crippen LogP contribution in [0.4, 0.5) is 4.79 Å². The third-order valence-corrected chi connectivity index (χ3v) is 5.07. The molecule has 31 heavy (non-hydrogen) atoms. The van der Waals surface area contributed by atoms with Gasteiger partial charge in [-0.2, -0.15) is 0 Å². The highest BCUT2D eigenvalue weighted by Gasteiger charge is 2.40. The first-order valence-electron chi connectivity index (χ1n) is 10.2. The summed E-state index contributed by atoms with van der Waals surface area (Å²) in [5.74, 6) is -1.58. The molecule has 0 spiro atoms. The number of primary amides is 1.